The SMILES string of the molecule is CCOC(=O)CN(C(=O)N1CCOCC1)C1CC1. The lowest BCUT2D eigenvalue weighted by molar-refractivity contribution is -0.144. The van der Waals surface area contributed by atoms with Gasteiger partial charge < -0.3 is 19.3 Å². The average molecular weight is 256 g/mol. The fourth-order valence-electron chi connectivity index (χ4n) is 2.02. The molecule has 18 heavy (non-hydrogen) atoms. The Kier molecular flexibility index (Phi) is 4.41. The van der Waals surface area contributed by atoms with Crippen LogP contribution < -0.4 is 0 Å². The molecular weight excluding hydrogens is 236 g/mol. The van der Waals surface area contributed by atoms with E-state index in [1.54, 1.807) is 16.7 Å². The van der Waals surface area contributed by atoms with E-state index in [2.05, 4.69) is 0 Å². The van der Waals surface area contributed by atoms with E-state index in [4.69, 9.17) is 9.47 Å². The van der Waals surface area contributed by atoms with Gasteiger partial charge in [0.25, 0.3) is 0 Å². The smallest absolute Gasteiger partial charge is 0.325 e. The van der Waals surface area contributed by atoms with Crippen LogP contribution in [0.3, 0.4) is 0 Å². The molecule has 0 atom stereocenters. The first-order valence-corrected chi connectivity index (χ1v) is 6.51. The normalized spacial score (nSPS) is 19.5. The highest BCUT2D eigenvalue weighted by Gasteiger charge is 2.36. The predicted octanol–water partition coefficient (Wildman–Crippen LogP) is 0.466. The van der Waals surface area contributed by atoms with Crippen LogP contribution in [-0.2, 0) is 14.3 Å². The molecule has 0 N–H and O–H groups in total. The summed E-state index contributed by atoms with van der Waals surface area (Å²) in [6.45, 7) is 4.53. The van der Waals surface area contributed by atoms with Crippen LogP contribution in [0.1, 0.15) is 19.8 Å². The minimum atomic E-state index is -0.328. The highest BCUT2D eigenvalue weighted by molar-refractivity contribution is 5.81. The van der Waals surface area contributed by atoms with Gasteiger partial charge in [-0.25, -0.2) is 4.79 Å². The topological polar surface area (TPSA) is 59.1 Å². The highest BCUT2D eigenvalue weighted by atomic mass is 16.5. The van der Waals surface area contributed by atoms with E-state index < -0.39 is 0 Å². The van der Waals surface area contributed by atoms with Gasteiger partial charge in [0.05, 0.1) is 19.8 Å². The molecule has 6 heteroatoms. The van der Waals surface area contributed by atoms with Crippen LogP contribution in [0.15, 0.2) is 0 Å². The molecule has 1 heterocycles. The average Bonchev–Trinajstić information content (AvgIpc) is 3.21. The van der Waals surface area contributed by atoms with E-state index in [1.807, 2.05) is 0 Å². The zero-order valence-corrected chi connectivity index (χ0v) is 10.8. The number of hydrogen-bond donors (Lipinski definition) is 0. The van der Waals surface area contributed by atoms with Crippen molar-refractivity contribution >= 4 is 12.0 Å². The maximum atomic E-state index is 12.3. The first kappa shape index (κ1) is 13.1. The fourth-order valence-corrected chi connectivity index (χ4v) is 2.02. The van der Waals surface area contributed by atoms with Crippen LogP contribution in [0, 0.1) is 0 Å². The Bertz CT molecular complexity index is 311. The van der Waals surface area contributed by atoms with E-state index in [0.717, 1.165) is 12.8 Å². The van der Waals surface area contributed by atoms with Gasteiger partial charge in [-0.2, -0.15) is 0 Å². The summed E-state index contributed by atoms with van der Waals surface area (Å²) in [5.74, 6) is -0.328. The van der Waals surface area contributed by atoms with Crippen molar-refractivity contribution in [1.82, 2.24) is 9.80 Å². The van der Waals surface area contributed by atoms with Crippen molar-refractivity contribution < 1.29 is 19.1 Å². The second-order valence-corrected chi connectivity index (χ2v) is 4.55. The number of urea groups is 1. The molecule has 6 nitrogen and oxygen atoms in total. The molecule has 1 saturated carbocycles. The van der Waals surface area contributed by atoms with Gasteiger partial charge in [-0.05, 0) is 19.8 Å². The van der Waals surface area contributed by atoms with Gasteiger partial charge in [-0.1, -0.05) is 0 Å². The number of amides is 2. The zero-order chi connectivity index (χ0) is 13.0. The maximum absolute atomic E-state index is 12.3. The van der Waals surface area contributed by atoms with Gasteiger partial charge in [0, 0.05) is 19.1 Å². The molecule has 0 aromatic heterocycles. The number of rotatable bonds is 4. The second kappa shape index (κ2) is 6.04. The number of nitrogens with zero attached hydrogens (tertiary/aromatic N) is 2. The molecule has 0 unspecified atom stereocenters. The Morgan fingerprint density at radius 3 is 2.56 bits per heavy atom. The summed E-state index contributed by atoms with van der Waals surface area (Å²) >= 11 is 0. The summed E-state index contributed by atoms with van der Waals surface area (Å²) in [5, 5.41) is 0. The van der Waals surface area contributed by atoms with E-state index in [9.17, 15) is 9.59 Å². The summed E-state index contributed by atoms with van der Waals surface area (Å²) in [6, 6.07) is 0.151. The van der Waals surface area contributed by atoms with Crippen molar-refractivity contribution in [2.75, 3.05) is 39.5 Å². The lowest BCUT2D eigenvalue weighted by Crippen LogP contribution is -2.50. The Hall–Kier alpha value is -1.30. The fraction of sp³-hybridized carbons (Fsp3) is 0.833. The highest BCUT2D eigenvalue weighted by Crippen LogP contribution is 2.27. The first-order valence-electron chi connectivity index (χ1n) is 6.51. The number of hydrogen-bond acceptors (Lipinski definition) is 4. The molecular formula is C12H20N2O4. The van der Waals surface area contributed by atoms with Crippen LogP contribution in [0.4, 0.5) is 4.79 Å². The van der Waals surface area contributed by atoms with E-state index >= 15 is 0 Å². The summed E-state index contributed by atoms with van der Waals surface area (Å²) < 4.78 is 10.1. The second-order valence-electron chi connectivity index (χ2n) is 4.55. The molecule has 1 aliphatic heterocycles. The molecule has 0 aromatic rings. The minimum Gasteiger partial charge on any atom is -0.465 e. The van der Waals surface area contributed by atoms with Crippen LogP contribution in [0.2, 0.25) is 0 Å². The standard InChI is InChI=1S/C12H20N2O4/c1-2-18-11(15)9-14(10-3-4-10)12(16)13-5-7-17-8-6-13/h10H,2-9H2,1H3. The molecule has 0 spiro atoms. The zero-order valence-electron chi connectivity index (χ0n) is 10.8. The molecule has 2 rings (SSSR count). The number of morpholine rings is 1. The molecule has 2 fully saturated rings. The van der Waals surface area contributed by atoms with Crippen molar-refractivity contribution in [1.29, 1.82) is 0 Å². The lowest BCUT2D eigenvalue weighted by atomic mass is 10.4. The number of carbonyl (C=O) groups excluding carboxylic acids is 2. The van der Waals surface area contributed by atoms with Crippen LogP contribution in [0.5, 0.6) is 0 Å². The van der Waals surface area contributed by atoms with Gasteiger partial charge >= 0.3 is 12.0 Å². The Balaban J connectivity index is 1.91. The monoisotopic (exact) mass is 256 g/mol. The summed E-state index contributed by atoms with van der Waals surface area (Å²) in [4.78, 5) is 27.2. The summed E-state index contributed by atoms with van der Waals surface area (Å²) in [6.07, 6.45) is 1.96. The van der Waals surface area contributed by atoms with Crippen LogP contribution in [-0.4, -0.2) is 67.3 Å². The number of esters is 1. The summed E-state index contributed by atoms with van der Waals surface area (Å²) in [5.41, 5.74) is 0. The van der Waals surface area contributed by atoms with Gasteiger partial charge in [0.1, 0.15) is 6.54 Å². The number of ether oxygens (including phenoxy) is 2. The van der Waals surface area contributed by atoms with E-state index in [1.165, 1.54) is 0 Å². The largest absolute Gasteiger partial charge is 0.465 e. The molecule has 2 aliphatic rings. The quantitative estimate of drug-likeness (QED) is 0.686. The molecule has 2 amide bonds. The van der Waals surface area contributed by atoms with Crippen LogP contribution in [0.25, 0.3) is 0 Å². The third kappa shape index (κ3) is 3.35. The number of carbonyl (C=O) groups is 2. The Labute approximate surface area is 107 Å². The van der Waals surface area contributed by atoms with Gasteiger partial charge in [-0.15, -0.1) is 0 Å². The van der Waals surface area contributed by atoms with Crippen molar-refractivity contribution in [3.8, 4) is 0 Å². The molecule has 1 aliphatic carbocycles. The molecule has 1 saturated heterocycles. The summed E-state index contributed by atoms with van der Waals surface area (Å²) in [7, 11) is 0. The minimum absolute atomic E-state index is 0.0612. The van der Waals surface area contributed by atoms with Crippen molar-refractivity contribution in [2.24, 2.45) is 0 Å². The molecule has 0 bridgehead atoms. The third-order valence-corrected chi connectivity index (χ3v) is 3.12. The first-order chi connectivity index (χ1) is 8.72. The van der Waals surface area contributed by atoms with Crippen molar-refractivity contribution in [3.63, 3.8) is 0 Å². The Morgan fingerprint density at radius 1 is 1.33 bits per heavy atom. The van der Waals surface area contributed by atoms with Gasteiger partial charge in [0.2, 0.25) is 0 Å². The third-order valence-electron chi connectivity index (χ3n) is 3.12. The maximum Gasteiger partial charge on any atom is 0.325 e. The lowest BCUT2D eigenvalue weighted by Gasteiger charge is -2.32. The van der Waals surface area contributed by atoms with Crippen LogP contribution >= 0.6 is 0 Å². The molecule has 0 radical (unpaired) electrons. The van der Waals surface area contributed by atoms with E-state index in [-0.39, 0.29) is 24.6 Å². The predicted molar refractivity (Wildman–Crippen MR) is 64.1 cm³/mol. The van der Waals surface area contributed by atoms with E-state index in [0.29, 0.717) is 32.9 Å². The van der Waals surface area contributed by atoms with Crippen molar-refractivity contribution in [3.05, 3.63) is 0 Å². The van der Waals surface area contributed by atoms with Gasteiger partial charge in [-0.3, -0.25) is 4.79 Å². The van der Waals surface area contributed by atoms with Gasteiger partial charge in [0.15, 0.2) is 0 Å². The molecule has 102 valence electrons. The Morgan fingerprint density at radius 2 is 2.00 bits per heavy atom. The van der Waals surface area contributed by atoms with Crippen molar-refractivity contribution in [2.45, 2.75) is 25.8 Å². The molecule has 0 aromatic carbocycles.